The molecule has 0 aromatic heterocycles. The second-order valence-corrected chi connectivity index (χ2v) is 6.35. The van der Waals surface area contributed by atoms with E-state index in [1.165, 1.54) is 56.9 Å². The molecule has 0 fully saturated rings. The highest BCUT2D eigenvalue weighted by atomic mass is 16.5. The van der Waals surface area contributed by atoms with Gasteiger partial charge in [0.25, 0.3) is 0 Å². The molecule has 0 atom stereocenters. The van der Waals surface area contributed by atoms with E-state index in [0.29, 0.717) is 0 Å². The van der Waals surface area contributed by atoms with Gasteiger partial charge in [-0.1, -0.05) is 70.1 Å². The van der Waals surface area contributed by atoms with E-state index < -0.39 is 0 Å². The molecule has 0 aliphatic carbocycles. The first-order valence-corrected chi connectivity index (χ1v) is 9.26. The third-order valence-corrected chi connectivity index (χ3v) is 4.28. The highest BCUT2D eigenvalue weighted by Crippen LogP contribution is 2.14. The number of hydrogen-bond acceptors (Lipinski definition) is 2. The lowest BCUT2D eigenvalue weighted by atomic mass is 10.1. The molecule has 0 aliphatic rings. The third-order valence-electron chi connectivity index (χ3n) is 4.28. The van der Waals surface area contributed by atoms with E-state index in [-0.39, 0.29) is 0 Å². The number of benzene rings is 1. The van der Waals surface area contributed by atoms with Gasteiger partial charge in [-0.25, -0.2) is 0 Å². The zero-order chi connectivity index (χ0) is 16.8. The van der Waals surface area contributed by atoms with Crippen molar-refractivity contribution < 1.29 is 4.74 Å². The maximum Gasteiger partial charge on any atom is 0.118 e. The van der Waals surface area contributed by atoms with Crippen LogP contribution in [0.5, 0.6) is 5.75 Å². The summed E-state index contributed by atoms with van der Waals surface area (Å²) in [5, 5.41) is 0. The van der Waals surface area contributed by atoms with Gasteiger partial charge in [0.05, 0.1) is 7.11 Å². The van der Waals surface area contributed by atoms with E-state index in [1.54, 1.807) is 7.11 Å². The molecule has 0 saturated heterocycles. The number of hydrogen-bond donors (Lipinski definition) is 0. The summed E-state index contributed by atoms with van der Waals surface area (Å²) in [5.74, 6) is 0.923. The standard InChI is InChI=1S/C21H35NO/c1-4-6-7-8-9-10-11-12-18-22(17-5-2)19-20-13-15-21(23-3)16-14-20/h5,13-16H,2,4,6-12,17-19H2,1,3H3. The molecular formula is C21H35NO. The monoisotopic (exact) mass is 317 g/mol. The topological polar surface area (TPSA) is 12.5 Å². The van der Waals surface area contributed by atoms with Crippen LogP contribution in [-0.4, -0.2) is 25.1 Å². The van der Waals surface area contributed by atoms with Gasteiger partial charge in [0.15, 0.2) is 0 Å². The molecule has 0 radical (unpaired) electrons. The molecule has 1 aromatic rings. The molecule has 0 spiro atoms. The normalized spacial score (nSPS) is 10.9. The van der Waals surface area contributed by atoms with Gasteiger partial charge in [-0.2, -0.15) is 0 Å². The fraction of sp³-hybridized carbons (Fsp3) is 0.619. The van der Waals surface area contributed by atoms with Crippen LogP contribution in [0.25, 0.3) is 0 Å². The fourth-order valence-electron chi connectivity index (χ4n) is 2.88. The summed E-state index contributed by atoms with van der Waals surface area (Å²) in [6.07, 6.45) is 13.0. The van der Waals surface area contributed by atoms with Crippen molar-refractivity contribution in [1.29, 1.82) is 0 Å². The lowest BCUT2D eigenvalue weighted by molar-refractivity contribution is 0.286. The number of ether oxygens (including phenoxy) is 1. The van der Waals surface area contributed by atoms with Gasteiger partial charge in [-0.15, -0.1) is 6.58 Å². The van der Waals surface area contributed by atoms with Crippen molar-refractivity contribution in [1.82, 2.24) is 4.90 Å². The van der Waals surface area contributed by atoms with E-state index in [2.05, 4.69) is 30.5 Å². The summed E-state index contributed by atoms with van der Waals surface area (Å²) < 4.78 is 5.22. The number of unbranched alkanes of at least 4 members (excludes halogenated alkanes) is 7. The van der Waals surface area contributed by atoms with Crippen molar-refractivity contribution in [2.75, 3.05) is 20.2 Å². The van der Waals surface area contributed by atoms with Crippen molar-refractivity contribution in [2.45, 2.75) is 64.8 Å². The molecule has 23 heavy (non-hydrogen) atoms. The Kier molecular flexibility index (Phi) is 11.3. The quantitative estimate of drug-likeness (QED) is 0.316. The molecule has 0 bridgehead atoms. The lowest BCUT2D eigenvalue weighted by Crippen LogP contribution is -2.24. The summed E-state index contributed by atoms with van der Waals surface area (Å²) in [6, 6.07) is 8.39. The minimum Gasteiger partial charge on any atom is -0.497 e. The first kappa shape index (κ1) is 19.8. The van der Waals surface area contributed by atoms with E-state index >= 15 is 0 Å². The minimum atomic E-state index is 0.923. The van der Waals surface area contributed by atoms with E-state index in [0.717, 1.165) is 25.4 Å². The minimum absolute atomic E-state index is 0.923. The van der Waals surface area contributed by atoms with Gasteiger partial charge in [-0.05, 0) is 30.7 Å². The second-order valence-electron chi connectivity index (χ2n) is 6.35. The predicted octanol–water partition coefficient (Wildman–Crippen LogP) is 5.82. The first-order valence-electron chi connectivity index (χ1n) is 9.26. The summed E-state index contributed by atoms with van der Waals surface area (Å²) >= 11 is 0. The van der Waals surface area contributed by atoms with Crippen molar-refractivity contribution in [3.05, 3.63) is 42.5 Å². The smallest absolute Gasteiger partial charge is 0.118 e. The molecule has 130 valence electrons. The number of methoxy groups -OCH3 is 1. The van der Waals surface area contributed by atoms with Gasteiger partial charge >= 0.3 is 0 Å². The van der Waals surface area contributed by atoms with Gasteiger partial charge < -0.3 is 4.74 Å². The average molecular weight is 318 g/mol. The summed E-state index contributed by atoms with van der Waals surface area (Å²) in [7, 11) is 1.71. The number of nitrogens with zero attached hydrogens (tertiary/aromatic N) is 1. The third kappa shape index (κ3) is 9.45. The van der Waals surface area contributed by atoms with Crippen LogP contribution >= 0.6 is 0 Å². The molecule has 0 heterocycles. The summed E-state index contributed by atoms with van der Waals surface area (Å²) in [4.78, 5) is 2.48. The predicted molar refractivity (Wildman–Crippen MR) is 101 cm³/mol. The molecule has 0 unspecified atom stereocenters. The maximum absolute atomic E-state index is 5.22. The van der Waals surface area contributed by atoms with Crippen LogP contribution in [0.3, 0.4) is 0 Å². The van der Waals surface area contributed by atoms with Crippen LogP contribution in [0.4, 0.5) is 0 Å². The Labute approximate surface area is 143 Å². The number of rotatable bonds is 14. The first-order chi connectivity index (χ1) is 11.3. The lowest BCUT2D eigenvalue weighted by Gasteiger charge is -2.21. The van der Waals surface area contributed by atoms with Gasteiger partial charge in [-0.3, -0.25) is 4.90 Å². The van der Waals surface area contributed by atoms with Gasteiger partial charge in [0.2, 0.25) is 0 Å². The Morgan fingerprint density at radius 1 is 0.957 bits per heavy atom. The Bertz CT molecular complexity index is 399. The molecular weight excluding hydrogens is 282 g/mol. The van der Waals surface area contributed by atoms with Gasteiger partial charge in [0, 0.05) is 13.1 Å². The van der Waals surface area contributed by atoms with Crippen LogP contribution in [0.15, 0.2) is 36.9 Å². The molecule has 0 saturated carbocycles. The van der Waals surface area contributed by atoms with E-state index in [4.69, 9.17) is 4.74 Å². The van der Waals surface area contributed by atoms with Crippen molar-refractivity contribution in [2.24, 2.45) is 0 Å². The molecule has 0 amide bonds. The Morgan fingerprint density at radius 2 is 1.57 bits per heavy atom. The summed E-state index contributed by atoms with van der Waals surface area (Å²) in [6.45, 7) is 9.28. The van der Waals surface area contributed by atoms with E-state index in [9.17, 15) is 0 Å². The van der Waals surface area contributed by atoms with Crippen molar-refractivity contribution >= 4 is 0 Å². The highest BCUT2D eigenvalue weighted by molar-refractivity contribution is 5.27. The highest BCUT2D eigenvalue weighted by Gasteiger charge is 2.04. The molecule has 2 heteroatoms. The van der Waals surface area contributed by atoms with Crippen molar-refractivity contribution in [3.63, 3.8) is 0 Å². The zero-order valence-corrected chi connectivity index (χ0v) is 15.2. The van der Waals surface area contributed by atoms with Crippen LogP contribution in [0.1, 0.15) is 63.9 Å². The van der Waals surface area contributed by atoms with Crippen LogP contribution in [0.2, 0.25) is 0 Å². The zero-order valence-electron chi connectivity index (χ0n) is 15.2. The molecule has 0 aliphatic heterocycles. The van der Waals surface area contributed by atoms with E-state index in [1.807, 2.05) is 18.2 Å². The van der Waals surface area contributed by atoms with Crippen LogP contribution < -0.4 is 4.74 Å². The van der Waals surface area contributed by atoms with Gasteiger partial charge in [0.1, 0.15) is 5.75 Å². The largest absolute Gasteiger partial charge is 0.497 e. The molecule has 1 rings (SSSR count). The molecule has 1 aromatic carbocycles. The average Bonchev–Trinajstić information content (AvgIpc) is 2.58. The Hall–Kier alpha value is -1.28. The SMILES string of the molecule is C=CCN(CCCCCCCCCC)Cc1ccc(OC)cc1. The molecule has 0 N–H and O–H groups in total. The van der Waals surface area contributed by atoms with Crippen molar-refractivity contribution in [3.8, 4) is 5.75 Å². The summed E-state index contributed by atoms with van der Waals surface area (Å²) in [5.41, 5.74) is 1.34. The molecule has 2 nitrogen and oxygen atoms in total. The fourth-order valence-corrected chi connectivity index (χ4v) is 2.88. The van der Waals surface area contributed by atoms with Crippen LogP contribution in [0, 0.1) is 0 Å². The Morgan fingerprint density at radius 3 is 2.13 bits per heavy atom. The second kappa shape index (κ2) is 13.2. The van der Waals surface area contributed by atoms with Crippen LogP contribution in [-0.2, 0) is 6.54 Å². The maximum atomic E-state index is 5.22. The Balaban J connectivity index is 2.22.